The molecule has 1 aliphatic heterocycles. The summed E-state index contributed by atoms with van der Waals surface area (Å²) in [6, 6.07) is -0.0329. The maximum Gasteiger partial charge on any atom is 0.226 e. The number of hydrogen-bond acceptors (Lipinski definition) is 4. The van der Waals surface area contributed by atoms with Crippen LogP contribution in [0, 0.1) is 11.8 Å². The largest absolute Gasteiger partial charge is 0.342 e. The number of hydrogen-bond donors (Lipinski definition) is 2. The highest BCUT2D eigenvalue weighted by Crippen LogP contribution is 2.33. The van der Waals surface area contributed by atoms with Gasteiger partial charge in [-0.2, -0.15) is 0 Å². The van der Waals surface area contributed by atoms with E-state index in [1.807, 2.05) is 11.8 Å². The second-order valence-corrected chi connectivity index (χ2v) is 8.44. The van der Waals surface area contributed by atoms with E-state index in [4.69, 9.17) is 5.73 Å². The van der Waals surface area contributed by atoms with Crippen LogP contribution in [0.5, 0.6) is 0 Å². The number of nitrogens with zero attached hydrogens (tertiary/aromatic N) is 1. The average Bonchev–Trinajstić information content (AvgIpc) is 2.95. The van der Waals surface area contributed by atoms with Crippen molar-refractivity contribution in [3.05, 3.63) is 0 Å². The molecule has 0 radical (unpaired) electrons. The molecular formula is C15H29N3O3S. The van der Waals surface area contributed by atoms with Crippen LogP contribution in [0.1, 0.15) is 45.4 Å². The van der Waals surface area contributed by atoms with Gasteiger partial charge in [0.1, 0.15) is 0 Å². The van der Waals surface area contributed by atoms with E-state index < -0.39 is 10.0 Å². The molecule has 1 aliphatic carbocycles. The molecule has 1 amide bonds. The van der Waals surface area contributed by atoms with E-state index in [0.717, 1.165) is 19.3 Å². The second kappa shape index (κ2) is 7.75. The first-order valence-corrected chi connectivity index (χ1v) is 10.1. The minimum Gasteiger partial charge on any atom is -0.342 e. The van der Waals surface area contributed by atoms with E-state index in [1.54, 1.807) is 0 Å². The summed E-state index contributed by atoms with van der Waals surface area (Å²) < 4.78 is 26.4. The van der Waals surface area contributed by atoms with Gasteiger partial charge in [-0.3, -0.25) is 4.79 Å². The Kier molecular flexibility index (Phi) is 6.23. The third-order valence-corrected chi connectivity index (χ3v) is 6.54. The molecule has 0 bridgehead atoms. The van der Waals surface area contributed by atoms with E-state index in [9.17, 15) is 13.2 Å². The SMILES string of the molecule is CCCS(=O)(=O)NC1CCN(C(=O)[C@@H]2CCC[C@@H]2CN)CC1. The summed E-state index contributed by atoms with van der Waals surface area (Å²) in [4.78, 5) is 14.5. The first kappa shape index (κ1) is 17.7. The van der Waals surface area contributed by atoms with Crippen molar-refractivity contribution in [2.24, 2.45) is 17.6 Å². The number of carbonyl (C=O) groups excluding carboxylic acids is 1. The van der Waals surface area contributed by atoms with Gasteiger partial charge in [-0.15, -0.1) is 0 Å². The highest BCUT2D eigenvalue weighted by Gasteiger charge is 2.36. The number of sulfonamides is 1. The molecule has 0 aromatic carbocycles. The molecule has 2 aliphatic rings. The Labute approximate surface area is 133 Å². The smallest absolute Gasteiger partial charge is 0.226 e. The lowest BCUT2D eigenvalue weighted by Crippen LogP contribution is -2.49. The van der Waals surface area contributed by atoms with Crippen LogP contribution in [0.3, 0.4) is 0 Å². The molecule has 22 heavy (non-hydrogen) atoms. The summed E-state index contributed by atoms with van der Waals surface area (Å²) in [6.07, 6.45) is 5.12. The Bertz CT molecular complexity index is 472. The fourth-order valence-corrected chi connectivity index (χ4v) is 5.08. The van der Waals surface area contributed by atoms with Gasteiger partial charge in [0.2, 0.25) is 15.9 Å². The Morgan fingerprint density at radius 1 is 1.23 bits per heavy atom. The Morgan fingerprint density at radius 3 is 2.50 bits per heavy atom. The summed E-state index contributed by atoms with van der Waals surface area (Å²) in [5, 5.41) is 0. The van der Waals surface area contributed by atoms with Crippen molar-refractivity contribution in [3.63, 3.8) is 0 Å². The lowest BCUT2D eigenvalue weighted by molar-refractivity contribution is -0.137. The van der Waals surface area contributed by atoms with Gasteiger partial charge in [-0.05, 0) is 44.6 Å². The number of piperidine rings is 1. The van der Waals surface area contributed by atoms with Crippen LogP contribution in [0.2, 0.25) is 0 Å². The van der Waals surface area contributed by atoms with Gasteiger partial charge in [-0.25, -0.2) is 13.1 Å². The molecule has 0 spiro atoms. The zero-order valence-corrected chi connectivity index (χ0v) is 14.3. The van der Waals surface area contributed by atoms with Crippen molar-refractivity contribution < 1.29 is 13.2 Å². The molecule has 1 saturated heterocycles. The zero-order chi connectivity index (χ0) is 16.2. The zero-order valence-electron chi connectivity index (χ0n) is 13.5. The van der Waals surface area contributed by atoms with E-state index in [2.05, 4.69) is 4.72 Å². The van der Waals surface area contributed by atoms with Crippen molar-refractivity contribution in [2.75, 3.05) is 25.4 Å². The number of amides is 1. The lowest BCUT2D eigenvalue weighted by Gasteiger charge is -2.34. The van der Waals surface area contributed by atoms with Crippen LogP contribution in [0.4, 0.5) is 0 Å². The fraction of sp³-hybridized carbons (Fsp3) is 0.933. The van der Waals surface area contributed by atoms with Crippen molar-refractivity contribution in [1.82, 2.24) is 9.62 Å². The van der Waals surface area contributed by atoms with Crippen LogP contribution >= 0.6 is 0 Å². The number of likely N-dealkylation sites (tertiary alicyclic amines) is 1. The number of carbonyl (C=O) groups is 1. The molecule has 2 fully saturated rings. The molecular weight excluding hydrogens is 302 g/mol. The summed E-state index contributed by atoms with van der Waals surface area (Å²) >= 11 is 0. The number of rotatable bonds is 6. The molecule has 0 aromatic rings. The maximum absolute atomic E-state index is 12.6. The molecule has 0 unspecified atom stereocenters. The summed E-state index contributed by atoms with van der Waals surface area (Å²) in [6.45, 7) is 3.73. The van der Waals surface area contributed by atoms with Crippen molar-refractivity contribution in [3.8, 4) is 0 Å². The summed E-state index contributed by atoms with van der Waals surface area (Å²) in [5.41, 5.74) is 5.76. The van der Waals surface area contributed by atoms with Gasteiger partial charge >= 0.3 is 0 Å². The van der Waals surface area contributed by atoms with Crippen molar-refractivity contribution in [2.45, 2.75) is 51.5 Å². The molecule has 7 heteroatoms. The van der Waals surface area contributed by atoms with Crippen LogP contribution in [-0.4, -0.2) is 50.7 Å². The van der Waals surface area contributed by atoms with E-state index >= 15 is 0 Å². The predicted molar refractivity (Wildman–Crippen MR) is 86.7 cm³/mol. The minimum atomic E-state index is -3.17. The Hall–Kier alpha value is -0.660. The molecule has 2 atom stereocenters. The molecule has 128 valence electrons. The summed E-state index contributed by atoms with van der Waals surface area (Å²) in [7, 11) is -3.17. The highest BCUT2D eigenvalue weighted by atomic mass is 32.2. The topological polar surface area (TPSA) is 92.5 Å². The Balaban J connectivity index is 1.83. The van der Waals surface area contributed by atoms with Crippen LogP contribution in [0.15, 0.2) is 0 Å². The third kappa shape index (κ3) is 4.43. The van der Waals surface area contributed by atoms with E-state index in [1.165, 1.54) is 0 Å². The Morgan fingerprint density at radius 2 is 1.91 bits per heavy atom. The third-order valence-electron chi connectivity index (χ3n) is 4.90. The first-order chi connectivity index (χ1) is 10.5. The molecule has 1 heterocycles. The fourth-order valence-electron chi connectivity index (χ4n) is 3.68. The van der Waals surface area contributed by atoms with Gasteiger partial charge in [0, 0.05) is 25.0 Å². The summed E-state index contributed by atoms with van der Waals surface area (Å²) in [5.74, 6) is 0.807. The second-order valence-electron chi connectivity index (χ2n) is 6.57. The predicted octanol–water partition coefficient (Wildman–Crippen LogP) is 0.682. The van der Waals surface area contributed by atoms with Gasteiger partial charge in [0.15, 0.2) is 0 Å². The monoisotopic (exact) mass is 331 g/mol. The average molecular weight is 331 g/mol. The molecule has 6 nitrogen and oxygen atoms in total. The van der Waals surface area contributed by atoms with Gasteiger partial charge < -0.3 is 10.6 Å². The van der Waals surface area contributed by atoms with Crippen LogP contribution in [0.25, 0.3) is 0 Å². The number of nitrogens with two attached hydrogens (primary N) is 1. The molecule has 0 aromatic heterocycles. The molecule has 2 rings (SSSR count). The number of nitrogens with one attached hydrogen (secondary N) is 1. The highest BCUT2D eigenvalue weighted by molar-refractivity contribution is 7.89. The first-order valence-electron chi connectivity index (χ1n) is 8.45. The van der Waals surface area contributed by atoms with Crippen molar-refractivity contribution >= 4 is 15.9 Å². The maximum atomic E-state index is 12.6. The lowest BCUT2D eigenvalue weighted by atomic mass is 9.93. The van der Waals surface area contributed by atoms with E-state index in [0.29, 0.717) is 44.8 Å². The van der Waals surface area contributed by atoms with Gasteiger partial charge in [0.25, 0.3) is 0 Å². The van der Waals surface area contributed by atoms with Gasteiger partial charge in [-0.1, -0.05) is 13.3 Å². The quantitative estimate of drug-likeness (QED) is 0.748. The van der Waals surface area contributed by atoms with Crippen LogP contribution < -0.4 is 10.5 Å². The molecule has 1 saturated carbocycles. The molecule has 3 N–H and O–H groups in total. The van der Waals surface area contributed by atoms with Crippen molar-refractivity contribution in [1.29, 1.82) is 0 Å². The normalized spacial score (nSPS) is 27.3. The van der Waals surface area contributed by atoms with Crippen LogP contribution in [-0.2, 0) is 14.8 Å². The van der Waals surface area contributed by atoms with E-state index in [-0.39, 0.29) is 23.6 Å². The van der Waals surface area contributed by atoms with Gasteiger partial charge in [0.05, 0.1) is 5.75 Å². The minimum absolute atomic E-state index is 0.0329. The standard InChI is InChI=1S/C15H29N3O3S/c1-2-10-22(20,21)17-13-6-8-18(9-7-13)15(19)14-5-3-4-12(14)11-16/h12-14,17H,2-11,16H2,1H3/t12-,14-/m1/s1.